The highest BCUT2D eigenvalue weighted by Gasteiger charge is 2.51. The summed E-state index contributed by atoms with van der Waals surface area (Å²) in [6, 6.07) is 7.73. The molecular formula is C30H20O8. The van der Waals surface area contributed by atoms with Gasteiger partial charge in [0.15, 0.2) is 0 Å². The Kier molecular flexibility index (Phi) is 4.01. The van der Waals surface area contributed by atoms with Crippen molar-refractivity contribution in [2.75, 3.05) is 0 Å². The van der Waals surface area contributed by atoms with Crippen LogP contribution in [0.5, 0.6) is 34.5 Å². The van der Waals surface area contributed by atoms with E-state index in [1.807, 2.05) is 0 Å². The van der Waals surface area contributed by atoms with E-state index in [-0.39, 0.29) is 56.4 Å². The molecule has 0 unspecified atom stereocenters. The van der Waals surface area contributed by atoms with E-state index >= 15 is 0 Å². The Balaban J connectivity index is 1.76. The van der Waals surface area contributed by atoms with Crippen LogP contribution in [-0.2, 0) is 0 Å². The number of carbonyl (C=O) groups is 2. The summed E-state index contributed by atoms with van der Waals surface area (Å²) in [6.07, 6.45) is 0. The van der Waals surface area contributed by atoms with Gasteiger partial charge in [-0.2, -0.15) is 0 Å². The van der Waals surface area contributed by atoms with Crippen molar-refractivity contribution < 1.29 is 40.2 Å². The van der Waals surface area contributed by atoms with E-state index < -0.39 is 34.9 Å². The molecule has 38 heavy (non-hydrogen) atoms. The molecule has 0 heterocycles. The molecule has 0 amide bonds. The van der Waals surface area contributed by atoms with Gasteiger partial charge in [-0.25, -0.2) is 0 Å². The fraction of sp³-hybridized carbons (Fsp3) is 0.133. The lowest BCUT2D eigenvalue weighted by molar-refractivity contribution is 0.101. The maximum Gasteiger partial charge on any atom is 0.201 e. The maximum absolute atomic E-state index is 13.8. The van der Waals surface area contributed by atoms with Crippen molar-refractivity contribution in [3.8, 4) is 45.6 Å². The summed E-state index contributed by atoms with van der Waals surface area (Å²) < 4.78 is 0. The van der Waals surface area contributed by atoms with Gasteiger partial charge in [-0.05, 0) is 82.6 Å². The van der Waals surface area contributed by atoms with Gasteiger partial charge in [-0.3, -0.25) is 9.59 Å². The van der Waals surface area contributed by atoms with Gasteiger partial charge >= 0.3 is 0 Å². The van der Waals surface area contributed by atoms with Gasteiger partial charge in [0.2, 0.25) is 11.6 Å². The van der Waals surface area contributed by atoms with Crippen molar-refractivity contribution in [2.24, 2.45) is 0 Å². The van der Waals surface area contributed by atoms with Crippen LogP contribution in [0.2, 0.25) is 0 Å². The Hall–Kier alpha value is -4.98. The summed E-state index contributed by atoms with van der Waals surface area (Å²) in [4.78, 5) is 27.5. The van der Waals surface area contributed by atoms with Crippen molar-refractivity contribution in [1.29, 1.82) is 0 Å². The van der Waals surface area contributed by atoms with Crippen molar-refractivity contribution in [2.45, 2.75) is 25.7 Å². The van der Waals surface area contributed by atoms with Crippen LogP contribution >= 0.6 is 0 Å². The molecule has 0 saturated carbocycles. The van der Waals surface area contributed by atoms with Gasteiger partial charge in [0.1, 0.15) is 34.5 Å². The predicted molar refractivity (Wildman–Crippen MR) is 135 cm³/mol. The van der Waals surface area contributed by atoms with Gasteiger partial charge in [0, 0.05) is 24.0 Å². The van der Waals surface area contributed by atoms with Crippen LogP contribution in [0.1, 0.15) is 77.1 Å². The Labute approximate surface area is 215 Å². The van der Waals surface area contributed by atoms with Crippen molar-refractivity contribution in [3.63, 3.8) is 0 Å². The summed E-state index contributed by atoms with van der Waals surface area (Å²) in [6.45, 7) is 3.53. The Morgan fingerprint density at radius 1 is 0.474 bits per heavy atom. The van der Waals surface area contributed by atoms with Gasteiger partial charge in [-0.15, -0.1) is 0 Å². The lowest BCUT2D eigenvalue weighted by Gasteiger charge is -2.44. The predicted octanol–water partition coefficient (Wildman–Crippen LogP) is 4.57. The summed E-state index contributed by atoms with van der Waals surface area (Å²) in [5.41, 5.74) is 3.66. The third-order valence-electron chi connectivity index (χ3n) is 8.13. The third-order valence-corrected chi connectivity index (χ3v) is 8.13. The summed E-state index contributed by atoms with van der Waals surface area (Å²) >= 11 is 0. The number of phenolic OH excluding ortho intramolecular Hbond substituents is 6. The quantitative estimate of drug-likeness (QED) is 0.202. The van der Waals surface area contributed by atoms with E-state index in [1.54, 1.807) is 13.8 Å². The number of ketones is 2. The molecule has 0 aromatic heterocycles. The number of hydrogen-bond acceptors (Lipinski definition) is 8. The minimum absolute atomic E-state index is 0.00779. The average Bonchev–Trinajstić information content (AvgIpc) is 2.80. The highest BCUT2D eigenvalue weighted by Crippen LogP contribution is 2.63. The summed E-state index contributed by atoms with van der Waals surface area (Å²) in [5.74, 6) is -4.99. The third kappa shape index (κ3) is 2.44. The molecule has 0 saturated heterocycles. The normalized spacial score (nSPS) is 17.9. The lowest BCUT2D eigenvalue weighted by Crippen LogP contribution is -2.33. The monoisotopic (exact) mass is 508 g/mol. The zero-order valence-electron chi connectivity index (χ0n) is 20.1. The average molecular weight is 508 g/mol. The van der Waals surface area contributed by atoms with Crippen LogP contribution in [0.3, 0.4) is 0 Å². The summed E-state index contributed by atoms with van der Waals surface area (Å²) in [5, 5.41) is 64.5. The van der Waals surface area contributed by atoms with Crippen molar-refractivity contribution >= 4 is 11.6 Å². The van der Waals surface area contributed by atoms with Crippen molar-refractivity contribution in [3.05, 3.63) is 92.0 Å². The van der Waals surface area contributed by atoms with Crippen molar-refractivity contribution in [1.82, 2.24) is 0 Å². The molecule has 0 fully saturated rings. The van der Waals surface area contributed by atoms with E-state index in [0.717, 1.165) is 12.1 Å². The van der Waals surface area contributed by atoms with E-state index in [0.29, 0.717) is 33.4 Å². The number of aromatic hydroxyl groups is 6. The lowest BCUT2D eigenvalue weighted by atomic mass is 9.57. The number of fused-ring (bicyclic) bond motifs is 6. The van der Waals surface area contributed by atoms with Gasteiger partial charge in [-0.1, -0.05) is 0 Å². The number of aryl methyl sites for hydroxylation is 2. The molecule has 2 atom stereocenters. The SMILES string of the molecule is Cc1cc(O)c2c3c1-c1c(C)cc(O)c4c1[C@H](c1cc(O)cc(O)c1C4=O)[C@@H]3c1cc(O)cc(O)c1C2=O. The second-order valence-corrected chi connectivity index (χ2v) is 10.2. The first-order valence-corrected chi connectivity index (χ1v) is 12.0. The molecule has 0 radical (unpaired) electrons. The van der Waals surface area contributed by atoms with E-state index in [2.05, 4.69) is 0 Å². The summed E-state index contributed by atoms with van der Waals surface area (Å²) in [7, 11) is 0. The first kappa shape index (κ1) is 22.2. The molecule has 0 spiro atoms. The smallest absolute Gasteiger partial charge is 0.201 e. The molecule has 0 bridgehead atoms. The first-order chi connectivity index (χ1) is 18.0. The molecule has 6 N–H and O–H groups in total. The van der Waals surface area contributed by atoms with Gasteiger partial charge < -0.3 is 30.6 Å². The Morgan fingerprint density at radius 2 is 0.816 bits per heavy atom. The second kappa shape index (κ2) is 6.86. The van der Waals surface area contributed by atoms with E-state index in [4.69, 9.17) is 0 Å². The number of hydrogen-bond donors (Lipinski definition) is 6. The van der Waals surface area contributed by atoms with E-state index in [9.17, 15) is 40.2 Å². The maximum atomic E-state index is 13.8. The number of carbonyl (C=O) groups excluding carboxylic acids is 2. The molecule has 8 heteroatoms. The standard InChI is InChI=1S/C30H20O8/c1-9-3-15(33)25-27-19(9)20-10(2)4-16(34)26-28(20)24(14-6-12(32)8-18(36)22(14)30(26)38)23(27)13-5-11(31)7-17(35)21(13)29(25)37/h3-8,23-24,31-36H,1-2H3/t23-,24+. The fourth-order valence-electron chi connectivity index (χ4n) is 6.92. The molecule has 3 aliphatic carbocycles. The Bertz CT molecular complexity index is 1710. The number of phenols is 6. The van der Waals surface area contributed by atoms with Crippen LogP contribution in [0.15, 0.2) is 36.4 Å². The molecule has 3 aliphatic rings. The molecule has 4 aromatic carbocycles. The number of benzene rings is 4. The zero-order valence-corrected chi connectivity index (χ0v) is 20.1. The van der Waals surface area contributed by atoms with Crippen LogP contribution < -0.4 is 0 Å². The Morgan fingerprint density at radius 3 is 1.18 bits per heavy atom. The molecule has 4 aromatic rings. The fourth-order valence-corrected chi connectivity index (χ4v) is 6.92. The largest absolute Gasteiger partial charge is 0.508 e. The molecule has 0 aliphatic heterocycles. The van der Waals surface area contributed by atoms with Crippen LogP contribution in [-0.4, -0.2) is 42.2 Å². The van der Waals surface area contributed by atoms with E-state index in [1.165, 1.54) is 24.3 Å². The molecule has 188 valence electrons. The minimum Gasteiger partial charge on any atom is -0.508 e. The van der Waals surface area contributed by atoms with Gasteiger partial charge in [0.25, 0.3) is 0 Å². The van der Waals surface area contributed by atoms with Gasteiger partial charge in [0.05, 0.1) is 22.3 Å². The molecular weight excluding hydrogens is 488 g/mol. The highest BCUT2D eigenvalue weighted by molar-refractivity contribution is 6.20. The molecule has 8 nitrogen and oxygen atoms in total. The topological polar surface area (TPSA) is 156 Å². The minimum atomic E-state index is -0.836. The highest BCUT2D eigenvalue weighted by atomic mass is 16.3. The van der Waals surface area contributed by atoms with Crippen LogP contribution in [0, 0.1) is 13.8 Å². The van der Waals surface area contributed by atoms with Crippen LogP contribution in [0.4, 0.5) is 0 Å². The molecule has 7 rings (SSSR count). The second-order valence-electron chi connectivity index (χ2n) is 10.2. The number of rotatable bonds is 0. The van der Waals surface area contributed by atoms with Crippen LogP contribution in [0.25, 0.3) is 11.1 Å². The zero-order chi connectivity index (χ0) is 26.9. The first-order valence-electron chi connectivity index (χ1n) is 12.0.